The number of furan rings is 1. The van der Waals surface area contributed by atoms with Crippen molar-refractivity contribution in [2.75, 3.05) is 0 Å². The molecule has 0 aliphatic heterocycles. The minimum atomic E-state index is 0.000899. The Morgan fingerprint density at radius 2 is 1.97 bits per heavy atom. The van der Waals surface area contributed by atoms with Crippen molar-refractivity contribution >= 4 is 5.91 Å². The highest BCUT2D eigenvalue weighted by Crippen LogP contribution is 2.20. The van der Waals surface area contributed by atoms with E-state index in [1.54, 1.807) is 6.26 Å². The molecule has 1 aliphatic carbocycles. The lowest BCUT2D eigenvalue weighted by Crippen LogP contribution is -2.25. The second-order valence-corrected chi connectivity index (χ2v) is 8.37. The predicted octanol–water partition coefficient (Wildman–Crippen LogP) is 3.96. The van der Waals surface area contributed by atoms with Crippen LogP contribution in [0.3, 0.4) is 0 Å². The van der Waals surface area contributed by atoms with Gasteiger partial charge in [0.05, 0.1) is 19.4 Å². The largest absolute Gasteiger partial charge is 0.468 e. The van der Waals surface area contributed by atoms with Crippen LogP contribution in [0.1, 0.15) is 60.1 Å². The van der Waals surface area contributed by atoms with Gasteiger partial charge < -0.3 is 14.3 Å². The third kappa shape index (κ3) is 5.79. The summed E-state index contributed by atoms with van der Waals surface area (Å²) < 4.78 is 10.9. The molecule has 1 fully saturated rings. The van der Waals surface area contributed by atoms with E-state index in [9.17, 15) is 4.79 Å². The van der Waals surface area contributed by atoms with Crippen LogP contribution in [0.4, 0.5) is 0 Å². The van der Waals surface area contributed by atoms with Crippen molar-refractivity contribution in [3.63, 3.8) is 0 Å². The smallest absolute Gasteiger partial charge is 0.251 e. The number of nitrogens with one attached hydrogen (secondary N) is 1. The molecular weight excluding hydrogens is 380 g/mol. The highest BCUT2D eigenvalue weighted by molar-refractivity contribution is 5.94. The molecule has 0 bridgehead atoms. The van der Waals surface area contributed by atoms with E-state index in [4.69, 9.17) is 8.94 Å². The predicted molar refractivity (Wildman–Crippen MR) is 111 cm³/mol. The molecule has 1 saturated carbocycles. The summed E-state index contributed by atoms with van der Waals surface area (Å²) in [6, 6.07) is 12.0. The maximum Gasteiger partial charge on any atom is 0.251 e. The third-order valence-corrected chi connectivity index (χ3v) is 4.95. The molecule has 1 aromatic carbocycles. The molecule has 2 heterocycles. The Bertz CT molecular complexity index is 943. The van der Waals surface area contributed by atoms with Crippen LogP contribution >= 0.6 is 0 Å². The second kappa shape index (κ2) is 9.26. The first-order valence-corrected chi connectivity index (χ1v) is 10.5. The second-order valence-electron chi connectivity index (χ2n) is 8.37. The zero-order valence-corrected chi connectivity index (χ0v) is 17.5. The van der Waals surface area contributed by atoms with Crippen molar-refractivity contribution in [1.29, 1.82) is 0 Å². The Hall–Kier alpha value is -2.93. The van der Waals surface area contributed by atoms with Crippen LogP contribution < -0.4 is 5.32 Å². The van der Waals surface area contributed by atoms with Gasteiger partial charge in [0.1, 0.15) is 5.76 Å². The van der Waals surface area contributed by atoms with Crippen LogP contribution in [-0.4, -0.2) is 27.0 Å². The molecular formula is C23H28N4O3. The molecule has 0 unspecified atom stereocenters. The number of hydrogen-bond acceptors (Lipinski definition) is 6. The van der Waals surface area contributed by atoms with Crippen molar-refractivity contribution in [1.82, 2.24) is 20.4 Å². The van der Waals surface area contributed by atoms with Gasteiger partial charge in [0.15, 0.2) is 5.82 Å². The fraction of sp³-hybridized carbons (Fsp3) is 0.435. The van der Waals surface area contributed by atoms with E-state index < -0.39 is 0 Å². The summed E-state index contributed by atoms with van der Waals surface area (Å²) >= 11 is 0. The van der Waals surface area contributed by atoms with Gasteiger partial charge >= 0.3 is 0 Å². The summed E-state index contributed by atoms with van der Waals surface area (Å²) in [6.07, 6.45) is 4.62. The number of carbonyl (C=O) groups excluding carboxylic acids is 1. The molecule has 0 atom stereocenters. The Morgan fingerprint density at radius 3 is 2.63 bits per heavy atom. The number of aromatic nitrogens is 2. The minimum absolute atomic E-state index is 0.000899. The van der Waals surface area contributed by atoms with Gasteiger partial charge in [-0.25, -0.2) is 0 Å². The van der Waals surface area contributed by atoms with E-state index in [1.165, 1.54) is 0 Å². The van der Waals surface area contributed by atoms with Crippen LogP contribution in [0.15, 0.2) is 51.6 Å². The Kier molecular flexibility index (Phi) is 6.28. The van der Waals surface area contributed by atoms with E-state index in [1.807, 2.05) is 36.4 Å². The van der Waals surface area contributed by atoms with Crippen LogP contribution in [0.2, 0.25) is 0 Å². The average Bonchev–Trinajstić information content (AvgIpc) is 3.18. The van der Waals surface area contributed by atoms with Gasteiger partial charge in [0, 0.05) is 24.6 Å². The van der Waals surface area contributed by atoms with Crippen LogP contribution in [0.25, 0.3) is 0 Å². The lowest BCUT2D eigenvalue weighted by molar-refractivity contribution is 0.0951. The number of carbonyl (C=O) groups is 1. The van der Waals surface area contributed by atoms with Crippen LogP contribution in [0.5, 0.6) is 0 Å². The van der Waals surface area contributed by atoms with Gasteiger partial charge in [-0.05, 0) is 48.6 Å². The maximum atomic E-state index is 12.2. The molecule has 7 heteroatoms. The zero-order valence-electron chi connectivity index (χ0n) is 17.5. The normalized spacial score (nSPS) is 13.9. The van der Waals surface area contributed by atoms with Crippen LogP contribution in [0, 0.1) is 5.92 Å². The summed E-state index contributed by atoms with van der Waals surface area (Å²) in [5.41, 5.74) is 1.80. The summed E-state index contributed by atoms with van der Waals surface area (Å²) in [5, 5.41) is 7.16. The Labute approximate surface area is 176 Å². The summed E-state index contributed by atoms with van der Waals surface area (Å²) in [5.74, 6) is 2.68. The SMILES string of the molecule is CC(C)Cc1nc(CN(Cc2ccc(C(=O)NC3CC3)cc2)Cc2ccco2)no1. The third-order valence-electron chi connectivity index (χ3n) is 4.95. The van der Waals surface area contributed by atoms with Crippen molar-refractivity contribution in [2.24, 2.45) is 5.92 Å². The number of nitrogens with zero attached hydrogens (tertiary/aromatic N) is 3. The number of amides is 1. The fourth-order valence-electron chi connectivity index (χ4n) is 3.29. The summed E-state index contributed by atoms with van der Waals surface area (Å²) in [6.45, 7) is 6.11. The topological polar surface area (TPSA) is 84.4 Å². The van der Waals surface area contributed by atoms with Gasteiger partial charge in [-0.1, -0.05) is 31.1 Å². The molecule has 1 N–H and O–H groups in total. The molecule has 3 aromatic rings. The van der Waals surface area contributed by atoms with Crippen molar-refractivity contribution in [3.8, 4) is 0 Å². The monoisotopic (exact) mass is 408 g/mol. The van der Waals surface area contributed by atoms with Gasteiger partial charge in [-0.15, -0.1) is 0 Å². The molecule has 0 radical (unpaired) electrons. The first-order chi connectivity index (χ1) is 14.5. The van der Waals surface area contributed by atoms with E-state index in [0.717, 1.165) is 30.6 Å². The van der Waals surface area contributed by atoms with Gasteiger partial charge in [0.2, 0.25) is 5.89 Å². The Morgan fingerprint density at radius 1 is 1.17 bits per heavy atom. The van der Waals surface area contributed by atoms with Crippen molar-refractivity contribution < 1.29 is 13.7 Å². The lowest BCUT2D eigenvalue weighted by atomic mass is 10.1. The highest BCUT2D eigenvalue weighted by Gasteiger charge is 2.23. The van der Waals surface area contributed by atoms with Gasteiger partial charge in [0.25, 0.3) is 5.91 Å². The minimum Gasteiger partial charge on any atom is -0.468 e. The molecule has 0 spiro atoms. The quantitative estimate of drug-likeness (QED) is 0.547. The molecule has 1 amide bonds. The van der Waals surface area contributed by atoms with Gasteiger partial charge in [-0.3, -0.25) is 9.69 Å². The summed E-state index contributed by atoms with van der Waals surface area (Å²) in [7, 11) is 0. The average molecular weight is 409 g/mol. The molecule has 30 heavy (non-hydrogen) atoms. The molecule has 0 saturated heterocycles. The molecule has 158 valence electrons. The number of benzene rings is 1. The van der Waals surface area contributed by atoms with E-state index in [2.05, 4.69) is 34.2 Å². The number of rotatable bonds is 10. The Balaban J connectivity index is 1.42. The lowest BCUT2D eigenvalue weighted by Gasteiger charge is -2.19. The highest BCUT2D eigenvalue weighted by atomic mass is 16.5. The first kappa shape index (κ1) is 20.3. The van der Waals surface area contributed by atoms with Gasteiger partial charge in [-0.2, -0.15) is 4.98 Å². The van der Waals surface area contributed by atoms with E-state index in [0.29, 0.717) is 48.9 Å². The first-order valence-electron chi connectivity index (χ1n) is 10.5. The summed E-state index contributed by atoms with van der Waals surface area (Å²) in [4.78, 5) is 18.9. The number of hydrogen-bond donors (Lipinski definition) is 1. The van der Waals surface area contributed by atoms with Crippen LogP contribution in [-0.2, 0) is 26.1 Å². The fourth-order valence-corrected chi connectivity index (χ4v) is 3.29. The van der Waals surface area contributed by atoms with Crippen molar-refractivity contribution in [3.05, 3.63) is 71.3 Å². The van der Waals surface area contributed by atoms with E-state index in [-0.39, 0.29) is 5.91 Å². The van der Waals surface area contributed by atoms with Crippen molar-refractivity contribution in [2.45, 2.75) is 58.8 Å². The molecule has 7 nitrogen and oxygen atoms in total. The molecule has 4 rings (SSSR count). The maximum absolute atomic E-state index is 12.2. The standard InChI is InChI=1S/C23H28N4O3/c1-16(2)12-22-25-21(26-30-22)15-27(14-20-4-3-11-29-20)13-17-5-7-18(8-6-17)23(28)24-19-9-10-19/h3-8,11,16,19H,9-10,12-15H2,1-2H3,(H,24,28). The molecule has 1 aliphatic rings. The zero-order chi connectivity index (χ0) is 20.9. The molecule has 2 aromatic heterocycles. The van der Waals surface area contributed by atoms with E-state index >= 15 is 0 Å².